The molecule has 0 bridgehead atoms. The summed E-state index contributed by atoms with van der Waals surface area (Å²) in [4.78, 5) is 0. The summed E-state index contributed by atoms with van der Waals surface area (Å²) in [5.41, 5.74) is 0. The van der Waals surface area contributed by atoms with Crippen molar-refractivity contribution in [1.29, 1.82) is 0 Å². The van der Waals surface area contributed by atoms with Gasteiger partial charge in [0.05, 0.1) is 0 Å². The molecule has 4 nitrogen and oxygen atoms in total. The van der Waals surface area contributed by atoms with Crippen molar-refractivity contribution in [2.24, 2.45) is 0 Å². The van der Waals surface area contributed by atoms with Crippen LogP contribution in [0, 0.1) is 0 Å². The second-order valence-corrected chi connectivity index (χ2v) is 0. The minimum absolute atomic E-state index is 0. The summed E-state index contributed by atoms with van der Waals surface area (Å²) in [7, 11) is 0.750. The fraction of sp³-hybridized carbons (Fsp3) is 1.00. The van der Waals surface area contributed by atoms with Gasteiger partial charge in [0.25, 0.3) is 0 Å². The molecule has 0 aliphatic rings. The van der Waals surface area contributed by atoms with Crippen molar-refractivity contribution in [2.75, 3.05) is 7.11 Å². The quantitative estimate of drug-likeness (QED) is 0.490. The second-order valence-electron chi connectivity index (χ2n) is 0. The minimum Gasteiger partial charge on any atom is -0.870 e. The van der Waals surface area contributed by atoms with Crippen molar-refractivity contribution in [3.05, 3.63) is 0 Å². The molecule has 0 spiro atoms. The Balaban J connectivity index is -0.000000000833. The van der Waals surface area contributed by atoms with Gasteiger partial charge >= 0.3 is 25.8 Å². The Kier molecular flexibility index (Phi) is 3130. The molecule has 0 atom stereocenters. The Morgan fingerprint density at radius 3 is 0.833 bits per heavy atom. The van der Waals surface area contributed by atoms with Gasteiger partial charge in [0.2, 0.25) is 0 Å². The molecule has 0 amide bonds. The molecule has 0 aromatic rings. The van der Waals surface area contributed by atoms with Gasteiger partial charge in [0, 0.05) is 0 Å². The van der Waals surface area contributed by atoms with Gasteiger partial charge in [-0.1, -0.05) is 0 Å². The summed E-state index contributed by atoms with van der Waals surface area (Å²) in [6.07, 6.45) is 0. The van der Waals surface area contributed by atoms with E-state index in [2.05, 4.69) is 0 Å². The van der Waals surface area contributed by atoms with Gasteiger partial charge in [-0.05, 0) is 0 Å². The van der Waals surface area contributed by atoms with E-state index in [1.807, 2.05) is 0 Å². The second kappa shape index (κ2) is 251. The summed E-state index contributed by atoms with van der Waals surface area (Å²) in [6, 6.07) is 0. The maximum absolute atomic E-state index is 8.25. The minimum atomic E-state index is 0. The largest absolute Gasteiger partial charge is 4.00 e. The third-order valence-corrected chi connectivity index (χ3v) is 0. The van der Waals surface area contributed by atoms with E-state index in [0.717, 1.165) is 7.11 Å². The van der Waals surface area contributed by atoms with Crippen molar-refractivity contribution >= 4 is 0 Å². The molecule has 0 saturated carbocycles. The molecule has 0 heterocycles. The van der Waals surface area contributed by atoms with Crippen LogP contribution in [0.3, 0.4) is 0 Å². The molecule has 3 N–H and O–H groups in total. The van der Waals surface area contributed by atoms with Crippen LogP contribution in [0.2, 0.25) is 0 Å². The first-order chi connectivity index (χ1) is 1.00. The van der Waals surface area contributed by atoms with Crippen LogP contribution < -0.4 is 5.11 Å². The molecule has 0 aliphatic carbocycles. The van der Waals surface area contributed by atoms with Crippen molar-refractivity contribution in [2.45, 2.75) is 0 Å². The van der Waals surface area contributed by atoms with Gasteiger partial charge in [0.15, 0.2) is 0 Å². The van der Waals surface area contributed by atoms with Gasteiger partial charge in [0.1, 0.15) is 0 Å². The summed E-state index contributed by atoms with van der Waals surface area (Å²) < 4.78 is 0. The molecule has 5 heteroatoms. The van der Waals surface area contributed by atoms with Crippen LogP contribution >= 0.6 is 0 Å². The zero-order valence-corrected chi connectivity index (χ0v) is 6.84. The normalized spacial score (nSPS) is 1.00. The molecule has 38 valence electrons. The average Bonchev–Trinajstić information content (AvgIpc) is 1.00. The Morgan fingerprint density at radius 1 is 0.833 bits per heavy atom. The molecule has 0 saturated heterocycles. The van der Waals surface area contributed by atoms with Crippen LogP contribution in [-0.4, -0.2) is 23.5 Å². The Labute approximate surface area is 54.9 Å². The zero-order chi connectivity index (χ0) is 2.00. The zero-order valence-electron chi connectivity index (χ0n) is 3.25. The van der Waals surface area contributed by atoms with E-state index in [4.69, 9.17) is 5.11 Å². The number of rotatable bonds is 0. The maximum Gasteiger partial charge on any atom is 4.00 e. The predicted octanol–water partition coefficient (Wildman–Crippen LogP) is -1.56. The monoisotopic (exact) mass is 262 g/mol. The molecule has 0 aliphatic heterocycles. The van der Waals surface area contributed by atoms with Crippen LogP contribution in [0.1, 0.15) is 0 Å². The van der Waals surface area contributed by atoms with E-state index in [9.17, 15) is 0 Å². The Hall–Kier alpha value is 0.710. The standard InChI is InChI=1S/CH3O.Hf.3H2O/c1-2;;;;/h1H3;;3*1H2/q-1;+4;;;/p-3. The van der Waals surface area contributed by atoms with Gasteiger partial charge in [-0.15, -0.1) is 0 Å². The fourth-order valence-corrected chi connectivity index (χ4v) is 0. The van der Waals surface area contributed by atoms with Crippen molar-refractivity contribution in [3.63, 3.8) is 0 Å². The molecule has 0 radical (unpaired) electrons. The van der Waals surface area contributed by atoms with Gasteiger partial charge in [-0.25, -0.2) is 0 Å². The van der Waals surface area contributed by atoms with Crippen LogP contribution in [0.4, 0.5) is 0 Å². The summed E-state index contributed by atoms with van der Waals surface area (Å²) >= 11 is 0. The fourth-order valence-electron chi connectivity index (χ4n) is 0. The third-order valence-electron chi connectivity index (χ3n) is 0. The van der Waals surface area contributed by atoms with E-state index in [1.165, 1.54) is 0 Å². The van der Waals surface area contributed by atoms with Crippen LogP contribution in [-0.2, 0) is 25.8 Å². The first-order valence-electron chi connectivity index (χ1n) is 0.408. The van der Waals surface area contributed by atoms with Gasteiger partial charge < -0.3 is 21.5 Å². The molecule has 0 aromatic heterocycles. The topological polar surface area (TPSA) is 113 Å². The molecular weight excluding hydrogens is 254 g/mol. The smallest absolute Gasteiger partial charge is 0.870 e. The SMILES string of the molecule is C[O-].[Hf+4].[OH-].[OH-].[OH-]. The van der Waals surface area contributed by atoms with Crippen LogP contribution in [0.5, 0.6) is 0 Å². The third kappa shape index (κ3) is 129. The number of hydrogen-bond acceptors (Lipinski definition) is 4. The summed E-state index contributed by atoms with van der Waals surface area (Å²) in [5, 5.41) is 8.25. The first-order valence-corrected chi connectivity index (χ1v) is 0.408. The number of hydrogen-bond donors (Lipinski definition) is 0. The van der Waals surface area contributed by atoms with Crippen molar-refractivity contribution in [1.82, 2.24) is 0 Å². The molecular formula is CH6HfO4. The Morgan fingerprint density at radius 2 is 0.833 bits per heavy atom. The molecule has 0 unspecified atom stereocenters. The molecule has 0 rings (SSSR count). The van der Waals surface area contributed by atoms with Crippen LogP contribution in [0.25, 0.3) is 0 Å². The van der Waals surface area contributed by atoms with E-state index < -0.39 is 0 Å². The van der Waals surface area contributed by atoms with Gasteiger partial charge in [-0.2, -0.15) is 7.11 Å². The van der Waals surface area contributed by atoms with Crippen molar-refractivity contribution in [3.8, 4) is 0 Å². The van der Waals surface area contributed by atoms with Gasteiger partial charge in [-0.3, -0.25) is 0 Å². The van der Waals surface area contributed by atoms with E-state index in [-0.39, 0.29) is 42.3 Å². The molecule has 6 heavy (non-hydrogen) atoms. The molecule has 0 aromatic carbocycles. The van der Waals surface area contributed by atoms with E-state index >= 15 is 0 Å². The summed E-state index contributed by atoms with van der Waals surface area (Å²) in [6.45, 7) is 0. The predicted molar refractivity (Wildman–Crippen MR) is 11.7 cm³/mol. The first kappa shape index (κ1) is 74.8. The van der Waals surface area contributed by atoms with E-state index in [1.54, 1.807) is 0 Å². The average molecular weight is 261 g/mol. The molecule has 0 fully saturated rings. The van der Waals surface area contributed by atoms with Crippen molar-refractivity contribution < 1.29 is 47.4 Å². The summed E-state index contributed by atoms with van der Waals surface area (Å²) in [5.74, 6) is 0. The maximum atomic E-state index is 8.25. The van der Waals surface area contributed by atoms with Crippen LogP contribution in [0.15, 0.2) is 0 Å². The van der Waals surface area contributed by atoms with E-state index in [0.29, 0.717) is 0 Å². The Bertz CT molecular complexity index is 7.51.